The Hall–Kier alpha value is -1.25. The van der Waals surface area contributed by atoms with Crippen LogP contribution in [0.4, 0.5) is 0 Å². The fraction of sp³-hybridized carbons (Fsp3) is 0.667. The number of methoxy groups -OCH3 is 1. The molecule has 2 atom stereocenters. The monoisotopic (exact) mass is 409 g/mol. The van der Waals surface area contributed by atoms with Crippen molar-refractivity contribution >= 4 is 14.3 Å². The van der Waals surface area contributed by atoms with Gasteiger partial charge in [-0.05, 0) is 37.0 Å². The molecule has 0 aromatic heterocycles. The summed E-state index contributed by atoms with van der Waals surface area (Å²) < 4.78 is 17.3. The topological polar surface area (TPSA) is 57.2 Å². The zero-order valence-electron chi connectivity index (χ0n) is 18.3. The van der Waals surface area contributed by atoms with Crippen molar-refractivity contribution in [3.05, 3.63) is 35.9 Å². The summed E-state index contributed by atoms with van der Waals surface area (Å²) in [4.78, 5) is 18.4. The lowest BCUT2D eigenvalue weighted by Gasteiger charge is -2.43. The molecular weight excluding hydrogens is 374 g/mol. The van der Waals surface area contributed by atoms with E-state index in [4.69, 9.17) is 18.8 Å². The number of hydrogen-bond acceptors (Lipinski definition) is 6. The average Bonchev–Trinajstić information content (AvgIpc) is 2.91. The Morgan fingerprint density at radius 3 is 2.46 bits per heavy atom. The Morgan fingerprint density at radius 2 is 1.93 bits per heavy atom. The lowest BCUT2D eigenvalue weighted by Crippen LogP contribution is -2.54. The summed E-state index contributed by atoms with van der Waals surface area (Å²) in [6, 6.07) is 10.1. The van der Waals surface area contributed by atoms with E-state index in [0.717, 1.165) is 5.56 Å². The van der Waals surface area contributed by atoms with E-state index >= 15 is 0 Å². The minimum absolute atomic E-state index is 0.0101. The summed E-state index contributed by atoms with van der Waals surface area (Å²) in [6.45, 7) is 13.3. The maximum atomic E-state index is 12.3. The van der Waals surface area contributed by atoms with Crippen LogP contribution in [0.3, 0.4) is 0 Å². The summed E-state index contributed by atoms with van der Waals surface area (Å²) in [5.74, 6) is -0.291. The zero-order valence-corrected chi connectivity index (χ0v) is 19.3. The largest absolute Gasteiger partial charge is 0.469 e. The Kier molecular flexibility index (Phi) is 7.44. The molecule has 1 aliphatic heterocycles. The summed E-state index contributed by atoms with van der Waals surface area (Å²) >= 11 is 0. The highest BCUT2D eigenvalue weighted by atomic mass is 28.4. The third kappa shape index (κ3) is 5.42. The fourth-order valence-corrected chi connectivity index (χ4v) is 3.96. The van der Waals surface area contributed by atoms with Gasteiger partial charge in [0.05, 0.1) is 19.1 Å². The van der Waals surface area contributed by atoms with E-state index < -0.39 is 20.1 Å². The predicted octanol–water partition coefficient (Wildman–Crippen LogP) is 4.47. The SMILES string of the molecule is CCOC1CC(CC(=O)OC)(Cc2ccccc2)N(O[Si](C)(C)C(C)(C)C)O1. The van der Waals surface area contributed by atoms with Crippen molar-refractivity contribution in [1.82, 2.24) is 5.23 Å². The molecule has 0 bridgehead atoms. The summed E-state index contributed by atoms with van der Waals surface area (Å²) in [5.41, 5.74) is 0.417. The molecule has 1 aliphatic rings. The molecule has 158 valence electrons. The van der Waals surface area contributed by atoms with Gasteiger partial charge >= 0.3 is 5.97 Å². The number of hydroxylamine groups is 2. The number of nitrogens with zero attached hydrogens (tertiary/aromatic N) is 1. The zero-order chi connectivity index (χ0) is 21.0. The van der Waals surface area contributed by atoms with Gasteiger partial charge in [0, 0.05) is 13.0 Å². The van der Waals surface area contributed by atoms with Crippen molar-refractivity contribution in [2.45, 2.75) is 76.9 Å². The number of hydrogen-bond donors (Lipinski definition) is 0. The van der Waals surface area contributed by atoms with Crippen LogP contribution in [0.1, 0.15) is 46.1 Å². The lowest BCUT2D eigenvalue weighted by atomic mass is 9.85. The number of esters is 1. The number of carbonyl (C=O) groups excluding carboxylic acids is 1. The summed E-state index contributed by atoms with van der Waals surface area (Å²) in [7, 11) is -0.786. The highest BCUT2D eigenvalue weighted by molar-refractivity contribution is 6.74. The molecule has 6 nitrogen and oxygen atoms in total. The fourth-order valence-electron chi connectivity index (χ4n) is 3.03. The first kappa shape index (κ1) is 23.0. The molecule has 28 heavy (non-hydrogen) atoms. The molecule has 0 amide bonds. The number of carbonyl (C=O) groups is 1. The second-order valence-corrected chi connectivity index (χ2v) is 13.6. The molecule has 1 aromatic rings. The van der Waals surface area contributed by atoms with Gasteiger partial charge in [0.2, 0.25) is 8.32 Å². The molecule has 0 aliphatic carbocycles. The molecule has 2 rings (SSSR count). The van der Waals surface area contributed by atoms with Crippen molar-refractivity contribution in [3.63, 3.8) is 0 Å². The quantitative estimate of drug-likeness (QED) is 0.466. The van der Waals surface area contributed by atoms with Gasteiger partial charge in [-0.15, -0.1) is 0 Å². The van der Waals surface area contributed by atoms with Gasteiger partial charge in [-0.2, -0.15) is 0 Å². The third-order valence-corrected chi connectivity index (χ3v) is 9.93. The van der Waals surface area contributed by atoms with Crippen LogP contribution in [0, 0.1) is 0 Å². The molecule has 1 aromatic carbocycles. The van der Waals surface area contributed by atoms with Crippen LogP contribution < -0.4 is 0 Å². The van der Waals surface area contributed by atoms with E-state index in [1.54, 1.807) is 5.23 Å². The molecule has 0 saturated carbocycles. The van der Waals surface area contributed by atoms with Crippen LogP contribution in [-0.4, -0.2) is 45.1 Å². The Bertz CT molecular complexity index is 646. The van der Waals surface area contributed by atoms with Crippen molar-refractivity contribution in [2.75, 3.05) is 13.7 Å². The van der Waals surface area contributed by atoms with E-state index in [1.165, 1.54) is 7.11 Å². The van der Waals surface area contributed by atoms with Crippen LogP contribution in [0.15, 0.2) is 30.3 Å². The van der Waals surface area contributed by atoms with Gasteiger partial charge in [-0.25, -0.2) is 4.84 Å². The molecular formula is C21H35NO5Si. The molecule has 1 fully saturated rings. The molecule has 1 saturated heterocycles. The summed E-state index contributed by atoms with van der Waals surface area (Å²) in [6.07, 6.45) is 0.833. The molecule has 2 unspecified atom stereocenters. The predicted molar refractivity (Wildman–Crippen MR) is 111 cm³/mol. The van der Waals surface area contributed by atoms with E-state index in [2.05, 4.69) is 46.0 Å². The minimum atomic E-state index is -2.20. The van der Waals surface area contributed by atoms with Crippen LogP contribution in [0.2, 0.25) is 18.1 Å². The highest BCUT2D eigenvalue weighted by Gasteiger charge is 2.54. The Morgan fingerprint density at radius 1 is 1.29 bits per heavy atom. The van der Waals surface area contributed by atoms with E-state index in [9.17, 15) is 4.79 Å². The van der Waals surface area contributed by atoms with E-state index in [0.29, 0.717) is 19.4 Å². The standard InChI is InChI=1S/C21H35NO5Si/c1-8-25-19-16-21(15-18(23)24-5,14-17-12-10-9-11-13-17)22(26-19)27-28(6,7)20(2,3)4/h9-13,19H,8,14-16H2,1-7H3. The maximum absolute atomic E-state index is 12.3. The maximum Gasteiger partial charge on any atom is 0.307 e. The van der Waals surface area contributed by atoms with Crippen molar-refractivity contribution in [1.29, 1.82) is 0 Å². The van der Waals surface area contributed by atoms with Gasteiger partial charge in [0.15, 0.2) is 6.29 Å². The lowest BCUT2D eigenvalue weighted by molar-refractivity contribution is -0.375. The van der Waals surface area contributed by atoms with Crippen LogP contribution in [-0.2, 0) is 30.1 Å². The Balaban J connectivity index is 2.41. The Labute approximate surface area is 170 Å². The average molecular weight is 410 g/mol. The van der Waals surface area contributed by atoms with Crippen molar-refractivity contribution < 1.29 is 23.6 Å². The number of rotatable bonds is 8. The van der Waals surface area contributed by atoms with Crippen LogP contribution in [0.5, 0.6) is 0 Å². The smallest absolute Gasteiger partial charge is 0.307 e. The number of benzene rings is 1. The molecule has 1 heterocycles. The third-order valence-electron chi connectivity index (χ3n) is 5.69. The van der Waals surface area contributed by atoms with Crippen molar-refractivity contribution in [3.8, 4) is 0 Å². The van der Waals surface area contributed by atoms with Gasteiger partial charge in [0.1, 0.15) is 0 Å². The van der Waals surface area contributed by atoms with Crippen LogP contribution >= 0.6 is 0 Å². The molecule has 0 N–H and O–H groups in total. The van der Waals surface area contributed by atoms with Crippen molar-refractivity contribution in [2.24, 2.45) is 0 Å². The molecule has 0 radical (unpaired) electrons. The first-order chi connectivity index (χ1) is 13.0. The first-order valence-electron chi connectivity index (χ1n) is 9.91. The van der Waals surface area contributed by atoms with Gasteiger partial charge in [-0.3, -0.25) is 4.79 Å². The second-order valence-electron chi connectivity index (χ2n) is 8.94. The molecule has 0 spiro atoms. The normalized spacial score (nSPS) is 23.8. The van der Waals surface area contributed by atoms with Gasteiger partial charge in [-0.1, -0.05) is 56.3 Å². The first-order valence-corrected chi connectivity index (χ1v) is 12.8. The van der Waals surface area contributed by atoms with E-state index in [-0.39, 0.29) is 17.4 Å². The van der Waals surface area contributed by atoms with E-state index in [1.807, 2.05) is 25.1 Å². The summed E-state index contributed by atoms with van der Waals surface area (Å²) in [5, 5.41) is 1.57. The van der Waals surface area contributed by atoms with Gasteiger partial charge < -0.3 is 14.0 Å². The minimum Gasteiger partial charge on any atom is -0.469 e. The van der Waals surface area contributed by atoms with Crippen LogP contribution in [0.25, 0.3) is 0 Å². The highest BCUT2D eigenvalue weighted by Crippen LogP contribution is 2.44. The second kappa shape index (κ2) is 9.05. The molecule has 7 heteroatoms. The van der Waals surface area contributed by atoms with Gasteiger partial charge in [0.25, 0.3) is 0 Å². The number of ether oxygens (including phenoxy) is 2.